The number of nitrogens with zero attached hydrogens (tertiary/aromatic N) is 2. The molecule has 78 valence electrons. The van der Waals surface area contributed by atoms with Crippen LogP contribution in [0.2, 0.25) is 0 Å². The average Bonchev–Trinajstić information content (AvgIpc) is 2.17. The van der Waals surface area contributed by atoms with Crippen LogP contribution in [-0.2, 0) is 6.42 Å². The topological polar surface area (TPSA) is 76.2 Å². The fourth-order valence-corrected chi connectivity index (χ4v) is 2.07. The van der Waals surface area contributed by atoms with Crippen LogP contribution in [0.1, 0.15) is 5.56 Å². The maximum atomic E-state index is 10.6. The molecular formula is C9H7IN2O3. The molecule has 15 heavy (non-hydrogen) atoms. The molecule has 1 aromatic carbocycles. The molecule has 0 saturated heterocycles. The zero-order chi connectivity index (χ0) is 11.4. The molecule has 0 unspecified atom stereocenters. The SMILES string of the molecule is COc1c(I)cc([N+](=O)[O-])cc1CC#N. The van der Waals surface area contributed by atoms with Crippen molar-refractivity contribution in [3.63, 3.8) is 0 Å². The van der Waals surface area contributed by atoms with Crippen molar-refractivity contribution in [2.45, 2.75) is 6.42 Å². The number of nitro groups is 1. The summed E-state index contributed by atoms with van der Waals surface area (Å²) in [5.74, 6) is 0.530. The van der Waals surface area contributed by atoms with Crippen LogP contribution in [0.3, 0.4) is 0 Å². The van der Waals surface area contributed by atoms with E-state index < -0.39 is 4.92 Å². The molecule has 0 heterocycles. The largest absolute Gasteiger partial charge is 0.495 e. The highest BCUT2D eigenvalue weighted by Gasteiger charge is 2.15. The van der Waals surface area contributed by atoms with Gasteiger partial charge >= 0.3 is 0 Å². The molecule has 0 aliphatic rings. The summed E-state index contributed by atoms with van der Waals surface area (Å²) in [4.78, 5) is 10.1. The van der Waals surface area contributed by atoms with E-state index in [4.69, 9.17) is 10.00 Å². The van der Waals surface area contributed by atoms with Gasteiger partial charge < -0.3 is 4.74 Å². The van der Waals surface area contributed by atoms with Crippen molar-refractivity contribution < 1.29 is 9.66 Å². The minimum absolute atomic E-state index is 0.0227. The number of rotatable bonds is 3. The van der Waals surface area contributed by atoms with Crippen molar-refractivity contribution in [1.29, 1.82) is 5.26 Å². The summed E-state index contributed by atoms with van der Waals surface area (Å²) in [5, 5.41) is 19.2. The van der Waals surface area contributed by atoms with Crippen molar-refractivity contribution in [2.75, 3.05) is 7.11 Å². The lowest BCUT2D eigenvalue weighted by molar-refractivity contribution is -0.385. The summed E-state index contributed by atoms with van der Waals surface area (Å²) in [6, 6.07) is 4.73. The van der Waals surface area contributed by atoms with Crippen LogP contribution in [0.25, 0.3) is 0 Å². The lowest BCUT2D eigenvalue weighted by atomic mass is 10.1. The third kappa shape index (κ3) is 2.56. The number of hydrogen-bond donors (Lipinski definition) is 0. The first-order valence-electron chi connectivity index (χ1n) is 3.98. The number of methoxy groups -OCH3 is 1. The fraction of sp³-hybridized carbons (Fsp3) is 0.222. The van der Waals surface area contributed by atoms with E-state index in [2.05, 4.69) is 0 Å². The predicted octanol–water partition coefficient (Wildman–Crippen LogP) is 2.27. The van der Waals surface area contributed by atoms with E-state index in [9.17, 15) is 10.1 Å². The van der Waals surface area contributed by atoms with E-state index in [0.717, 1.165) is 0 Å². The van der Waals surface area contributed by atoms with Crippen LogP contribution in [0.4, 0.5) is 5.69 Å². The van der Waals surface area contributed by atoms with E-state index in [1.807, 2.05) is 28.7 Å². The molecule has 0 saturated carbocycles. The van der Waals surface area contributed by atoms with Gasteiger partial charge in [0.1, 0.15) is 5.75 Å². The Morgan fingerprint density at radius 2 is 2.33 bits per heavy atom. The molecule has 0 bridgehead atoms. The third-order valence-electron chi connectivity index (χ3n) is 1.79. The van der Waals surface area contributed by atoms with Gasteiger partial charge in [-0.05, 0) is 22.6 Å². The van der Waals surface area contributed by atoms with E-state index >= 15 is 0 Å². The number of halogens is 1. The number of nitro benzene ring substituents is 1. The first-order chi connectivity index (χ1) is 7.10. The molecule has 0 fully saturated rings. The Bertz CT molecular complexity index is 440. The maximum absolute atomic E-state index is 10.6. The van der Waals surface area contributed by atoms with E-state index in [-0.39, 0.29) is 12.1 Å². The standard InChI is InChI=1S/C9H7IN2O3/c1-15-9-6(2-3-11)4-7(12(13)14)5-8(9)10/h4-5H,2H2,1H3. The Hall–Kier alpha value is -1.36. The smallest absolute Gasteiger partial charge is 0.271 e. The third-order valence-corrected chi connectivity index (χ3v) is 2.59. The normalized spacial score (nSPS) is 9.40. The highest BCUT2D eigenvalue weighted by molar-refractivity contribution is 14.1. The summed E-state index contributed by atoms with van der Waals surface area (Å²) in [6.07, 6.45) is 0.0981. The molecule has 0 radical (unpaired) electrons. The first-order valence-corrected chi connectivity index (χ1v) is 5.05. The number of ether oxygens (including phenoxy) is 1. The first kappa shape index (κ1) is 11.7. The molecule has 5 nitrogen and oxygen atoms in total. The highest BCUT2D eigenvalue weighted by atomic mass is 127. The van der Waals surface area contributed by atoms with Gasteiger partial charge in [-0.2, -0.15) is 5.26 Å². The molecule has 0 aliphatic heterocycles. The van der Waals surface area contributed by atoms with Gasteiger partial charge in [-0.15, -0.1) is 0 Å². The summed E-state index contributed by atoms with van der Waals surface area (Å²) >= 11 is 1.95. The molecule has 0 aliphatic carbocycles. The zero-order valence-corrected chi connectivity index (χ0v) is 10.0. The van der Waals surface area contributed by atoms with Gasteiger partial charge in [0.2, 0.25) is 0 Å². The number of non-ortho nitro benzene ring substituents is 1. The predicted molar refractivity (Wildman–Crippen MR) is 61.7 cm³/mol. The quantitative estimate of drug-likeness (QED) is 0.487. The molecule has 6 heteroatoms. The van der Waals surface area contributed by atoms with Crippen LogP contribution >= 0.6 is 22.6 Å². The molecule has 0 N–H and O–H groups in total. The molecule has 0 amide bonds. The van der Waals surface area contributed by atoms with Gasteiger partial charge in [-0.3, -0.25) is 10.1 Å². The van der Waals surface area contributed by atoms with Crippen LogP contribution < -0.4 is 4.74 Å². The van der Waals surface area contributed by atoms with Gasteiger partial charge in [0, 0.05) is 17.7 Å². The lowest BCUT2D eigenvalue weighted by Gasteiger charge is -2.07. The summed E-state index contributed by atoms with van der Waals surface area (Å²) < 4.78 is 5.72. The lowest BCUT2D eigenvalue weighted by Crippen LogP contribution is -1.97. The fourth-order valence-electron chi connectivity index (χ4n) is 1.18. The summed E-state index contributed by atoms with van der Waals surface area (Å²) in [5.41, 5.74) is 0.518. The number of nitriles is 1. The Labute approximate surface area is 99.9 Å². The van der Waals surface area contributed by atoms with Gasteiger partial charge in [-0.1, -0.05) is 0 Å². The number of hydrogen-bond acceptors (Lipinski definition) is 4. The Balaban J connectivity index is 3.33. The van der Waals surface area contributed by atoms with E-state index in [1.54, 1.807) is 0 Å². The second-order valence-corrected chi connectivity index (χ2v) is 3.87. The average molecular weight is 318 g/mol. The molecule has 1 aromatic rings. The van der Waals surface area contributed by atoms with Crippen molar-refractivity contribution >= 4 is 28.3 Å². The molecule has 0 aromatic heterocycles. The van der Waals surface area contributed by atoms with Gasteiger partial charge in [0.25, 0.3) is 5.69 Å². The van der Waals surface area contributed by atoms with Crippen molar-refractivity contribution in [3.8, 4) is 11.8 Å². The van der Waals surface area contributed by atoms with E-state index in [0.29, 0.717) is 14.9 Å². The van der Waals surface area contributed by atoms with Gasteiger partial charge in [0.15, 0.2) is 0 Å². The minimum Gasteiger partial charge on any atom is -0.495 e. The minimum atomic E-state index is -0.484. The summed E-state index contributed by atoms with van der Waals surface area (Å²) in [6.45, 7) is 0. The van der Waals surface area contributed by atoms with Crippen LogP contribution in [0, 0.1) is 25.0 Å². The second kappa shape index (κ2) is 4.93. The van der Waals surface area contributed by atoms with Crippen molar-refractivity contribution in [2.24, 2.45) is 0 Å². The van der Waals surface area contributed by atoms with Crippen molar-refractivity contribution in [3.05, 3.63) is 31.4 Å². The van der Waals surface area contributed by atoms with Crippen LogP contribution in [0.5, 0.6) is 5.75 Å². The molecular weight excluding hydrogens is 311 g/mol. The Morgan fingerprint density at radius 1 is 1.67 bits per heavy atom. The van der Waals surface area contributed by atoms with Crippen LogP contribution in [0.15, 0.2) is 12.1 Å². The van der Waals surface area contributed by atoms with Crippen molar-refractivity contribution in [1.82, 2.24) is 0 Å². The molecule has 0 spiro atoms. The Kier molecular flexibility index (Phi) is 3.85. The van der Waals surface area contributed by atoms with E-state index in [1.165, 1.54) is 19.2 Å². The van der Waals surface area contributed by atoms with Gasteiger partial charge in [-0.25, -0.2) is 0 Å². The van der Waals surface area contributed by atoms with Crippen LogP contribution in [-0.4, -0.2) is 12.0 Å². The maximum Gasteiger partial charge on any atom is 0.271 e. The van der Waals surface area contributed by atoms with Gasteiger partial charge in [0.05, 0.1) is 28.1 Å². The highest BCUT2D eigenvalue weighted by Crippen LogP contribution is 2.30. The number of benzene rings is 1. The zero-order valence-electron chi connectivity index (χ0n) is 7.86. The monoisotopic (exact) mass is 318 g/mol. The molecule has 0 atom stereocenters. The molecule has 1 rings (SSSR count). The second-order valence-electron chi connectivity index (χ2n) is 2.71. The Morgan fingerprint density at radius 3 is 2.80 bits per heavy atom. The summed E-state index contributed by atoms with van der Waals surface area (Å²) in [7, 11) is 1.48.